The first-order valence-electron chi connectivity index (χ1n) is 5.28. The topological polar surface area (TPSA) is 165 Å². The highest BCUT2D eigenvalue weighted by molar-refractivity contribution is 5.85. The third-order valence-corrected chi connectivity index (χ3v) is 2.45. The summed E-state index contributed by atoms with van der Waals surface area (Å²) in [6.07, 6.45) is 2.45. The lowest BCUT2D eigenvalue weighted by Gasteiger charge is -2.27. The lowest BCUT2D eigenvalue weighted by Crippen LogP contribution is -2.48. The lowest BCUT2D eigenvalue weighted by atomic mass is 9.94. The summed E-state index contributed by atoms with van der Waals surface area (Å²) in [7, 11) is 0. The summed E-state index contributed by atoms with van der Waals surface area (Å²) in [5.41, 5.74) is 4.54. The molecule has 0 saturated carbocycles. The summed E-state index contributed by atoms with van der Waals surface area (Å²) in [4.78, 5) is 0. The highest BCUT2D eigenvalue weighted by Crippen LogP contribution is 2.12. The number of unbranched alkanes of at least 4 members (excludes halogenated alkanes) is 1. The van der Waals surface area contributed by atoms with Gasteiger partial charge in [0.05, 0.1) is 18.0 Å². The molecule has 0 fully saturated rings. The van der Waals surface area contributed by atoms with Gasteiger partial charge in [0.15, 0.2) is 0 Å². The fourth-order valence-electron chi connectivity index (χ4n) is 1.19. The minimum Gasteiger partial charge on any atom is -0.412 e. The lowest BCUT2D eigenvalue weighted by molar-refractivity contribution is -0.0215. The van der Waals surface area contributed by atoms with Crippen LogP contribution in [0, 0.1) is 5.41 Å². The summed E-state index contributed by atoms with van der Waals surface area (Å²) in [5.74, 6) is 0.460. The van der Waals surface area contributed by atoms with Crippen LogP contribution in [-0.4, -0.2) is 51.8 Å². The summed E-state index contributed by atoms with van der Waals surface area (Å²) in [6.45, 7) is 3.68. The minimum absolute atomic E-state index is 0. The fraction of sp³-hybridized carbons (Fsp3) is 0.900. The molecule has 0 spiro atoms. The summed E-state index contributed by atoms with van der Waals surface area (Å²) in [6, 6.07) is -0.399. The Balaban J connectivity index is -0.000000163. The first-order valence-corrected chi connectivity index (χ1v) is 5.28. The molecule has 9 heteroatoms. The Bertz CT molecular complexity index is 209. The summed E-state index contributed by atoms with van der Waals surface area (Å²) >= 11 is 0. The minimum atomic E-state index is -1.19. The molecule has 0 saturated heterocycles. The van der Waals surface area contributed by atoms with E-state index in [0.717, 1.165) is 19.4 Å². The highest BCUT2D eigenvalue weighted by atomic mass is 35.5. The zero-order valence-corrected chi connectivity index (χ0v) is 13.0. The van der Waals surface area contributed by atoms with E-state index in [1.54, 1.807) is 6.92 Å². The van der Waals surface area contributed by atoms with Crippen LogP contribution < -0.4 is 11.1 Å². The molecule has 0 amide bonds. The number of hydrogen-bond donors (Lipinski definition) is 5. The third-order valence-electron chi connectivity index (χ3n) is 2.45. The Hall–Kier alpha value is -0.150. The Morgan fingerprint density at radius 3 is 2.16 bits per heavy atom. The number of nitrogens with one attached hydrogen (secondary N) is 2. The molecule has 0 rings (SSSR count). The second-order valence-corrected chi connectivity index (χ2v) is 4.17. The first-order chi connectivity index (χ1) is 6.90. The molecule has 0 aromatic rings. The van der Waals surface area contributed by atoms with E-state index in [1.165, 1.54) is 6.92 Å². The van der Waals surface area contributed by atoms with Gasteiger partial charge in [0.2, 0.25) is 0 Å². The van der Waals surface area contributed by atoms with Gasteiger partial charge in [-0.15, -0.1) is 24.8 Å². The standard InChI is InChI=1S/C10H23N3O2.2ClH.2H2O/c1-8(11)13-6-4-3-5-9(12)10(2,15)7-14;;;;/h9,14-15H,3-7,12H2,1-2H3,(H2,11,13);2*1H;2*1H2/t9-,10?;;;;/m0..../s1. The van der Waals surface area contributed by atoms with Crippen molar-refractivity contribution in [2.45, 2.75) is 44.8 Å². The monoisotopic (exact) mass is 325 g/mol. The Labute approximate surface area is 126 Å². The number of aliphatic hydroxyl groups is 2. The molecule has 0 heterocycles. The van der Waals surface area contributed by atoms with Gasteiger partial charge >= 0.3 is 0 Å². The van der Waals surface area contributed by atoms with Gasteiger partial charge in [-0.2, -0.15) is 0 Å². The van der Waals surface area contributed by atoms with E-state index in [9.17, 15) is 5.11 Å². The van der Waals surface area contributed by atoms with Crippen LogP contribution in [0.25, 0.3) is 0 Å². The van der Waals surface area contributed by atoms with E-state index in [-0.39, 0.29) is 42.4 Å². The quantitative estimate of drug-likeness (QED) is 0.230. The van der Waals surface area contributed by atoms with E-state index in [4.69, 9.17) is 16.2 Å². The van der Waals surface area contributed by atoms with Gasteiger partial charge in [-0.25, -0.2) is 0 Å². The van der Waals surface area contributed by atoms with E-state index in [2.05, 4.69) is 5.32 Å². The van der Waals surface area contributed by atoms with Crippen molar-refractivity contribution in [2.75, 3.05) is 13.2 Å². The van der Waals surface area contributed by atoms with Crippen LogP contribution in [0.1, 0.15) is 33.1 Å². The number of halogens is 2. The van der Waals surface area contributed by atoms with Crippen molar-refractivity contribution in [3.05, 3.63) is 0 Å². The Morgan fingerprint density at radius 1 is 1.32 bits per heavy atom. The van der Waals surface area contributed by atoms with E-state index in [0.29, 0.717) is 12.3 Å². The molecule has 0 aliphatic heterocycles. The molecule has 0 bridgehead atoms. The van der Waals surface area contributed by atoms with Crippen LogP contribution in [-0.2, 0) is 0 Å². The largest absolute Gasteiger partial charge is 0.412 e. The van der Waals surface area contributed by atoms with Crippen molar-refractivity contribution >= 4 is 30.6 Å². The van der Waals surface area contributed by atoms with Crippen molar-refractivity contribution in [3.8, 4) is 0 Å². The van der Waals surface area contributed by atoms with Crippen molar-refractivity contribution in [3.63, 3.8) is 0 Å². The van der Waals surface area contributed by atoms with Gasteiger partial charge < -0.3 is 32.2 Å². The molecular weight excluding hydrogens is 297 g/mol. The Kier molecular flexibility index (Phi) is 26.2. The smallest absolute Gasteiger partial charge is 0.0999 e. The average molecular weight is 326 g/mol. The molecule has 122 valence electrons. The van der Waals surface area contributed by atoms with Gasteiger partial charge in [0.25, 0.3) is 0 Å². The molecular formula is C10H29Cl2N3O4. The van der Waals surface area contributed by atoms with E-state index < -0.39 is 11.6 Å². The van der Waals surface area contributed by atoms with Crippen molar-refractivity contribution in [2.24, 2.45) is 5.73 Å². The highest BCUT2D eigenvalue weighted by Gasteiger charge is 2.27. The molecule has 19 heavy (non-hydrogen) atoms. The summed E-state index contributed by atoms with van der Waals surface area (Å²) in [5, 5.41) is 28.5. The maximum atomic E-state index is 9.61. The summed E-state index contributed by atoms with van der Waals surface area (Å²) < 4.78 is 0. The number of amidine groups is 1. The second-order valence-electron chi connectivity index (χ2n) is 4.17. The van der Waals surface area contributed by atoms with Crippen LogP contribution in [0.15, 0.2) is 0 Å². The molecule has 2 atom stereocenters. The van der Waals surface area contributed by atoms with E-state index in [1.807, 2.05) is 0 Å². The number of aliphatic hydroxyl groups excluding tert-OH is 1. The van der Waals surface area contributed by atoms with Crippen molar-refractivity contribution in [1.29, 1.82) is 5.41 Å². The molecule has 7 nitrogen and oxygen atoms in total. The fourth-order valence-corrected chi connectivity index (χ4v) is 1.19. The number of hydrogen-bond acceptors (Lipinski definition) is 4. The van der Waals surface area contributed by atoms with Crippen LogP contribution in [0.4, 0.5) is 0 Å². The normalized spacial score (nSPS) is 13.3. The first kappa shape index (κ1) is 31.3. The van der Waals surface area contributed by atoms with Gasteiger partial charge in [0, 0.05) is 12.6 Å². The van der Waals surface area contributed by atoms with Crippen molar-refractivity contribution in [1.82, 2.24) is 5.32 Å². The SMILES string of the molecule is CC(=N)NCCCC[C@H](N)C(C)(O)CO.Cl.Cl.O.O. The molecule has 0 aromatic carbocycles. The van der Waals surface area contributed by atoms with Crippen LogP contribution in [0.3, 0.4) is 0 Å². The molecule has 1 unspecified atom stereocenters. The zero-order valence-electron chi connectivity index (χ0n) is 11.4. The van der Waals surface area contributed by atoms with Gasteiger partial charge in [-0.3, -0.25) is 5.41 Å². The van der Waals surface area contributed by atoms with Gasteiger partial charge in [-0.1, -0.05) is 6.42 Å². The van der Waals surface area contributed by atoms with Crippen LogP contribution in [0.5, 0.6) is 0 Å². The van der Waals surface area contributed by atoms with Gasteiger partial charge in [0.1, 0.15) is 0 Å². The van der Waals surface area contributed by atoms with Gasteiger partial charge in [-0.05, 0) is 26.7 Å². The maximum absolute atomic E-state index is 9.61. The molecule has 10 N–H and O–H groups in total. The molecule has 0 radical (unpaired) electrons. The number of nitrogens with two attached hydrogens (primary N) is 1. The second kappa shape index (κ2) is 15.9. The van der Waals surface area contributed by atoms with Crippen molar-refractivity contribution < 1.29 is 21.2 Å². The zero-order chi connectivity index (χ0) is 11.9. The predicted molar refractivity (Wildman–Crippen MR) is 82.7 cm³/mol. The number of rotatable bonds is 7. The van der Waals surface area contributed by atoms with Crippen LogP contribution in [0.2, 0.25) is 0 Å². The van der Waals surface area contributed by atoms with Crippen LogP contribution >= 0.6 is 24.8 Å². The maximum Gasteiger partial charge on any atom is 0.0999 e. The van der Waals surface area contributed by atoms with E-state index >= 15 is 0 Å². The predicted octanol–water partition coefficient (Wildman–Crippen LogP) is -0.992. The molecule has 0 aromatic heterocycles. The Morgan fingerprint density at radius 2 is 1.79 bits per heavy atom. The average Bonchev–Trinajstić information content (AvgIpc) is 2.16. The molecule has 0 aliphatic rings. The third kappa shape index (κ3) is 15.8. The molecule has 0 aliphatic carbocycles.